The van der Waals surface area contributed by atoms with Crippen molar-refractivity contribution in [2.24, 2.45) is 5.41 Å². The van der Waals surface area contributed by atoms with Crippen molar-refractivity contribution >= 4 is 22.7 Å². The van der Waals surface area contributed by atoms with E-state index in [1.54, 1.807) is 0 Å². The summed E-state index contributed by atoms with van der Waals surface area (Å²) < 4.78 is 5.28. The number of amides is 1. The van der Waals surface area contributed by atoms with E-state index >= 15 is 0 Å². The Balaban J connectivity index is 1.60. The molecule has 4 aromatic rings. The molecule has 0 bridgehead atoms. The number of hydrogen-bond acceptors (Lipinski definition) is 5. The number of carbonyl (C=O) groups is 1. The van der Waals surface area contributed by atoms with Crippen LogP contribution in [0.4, 0.5) is 10.5 Å². The molecule has 0 saturated carbocycles. The second-order valence-electron chi connectivity index (χ2n) is 8.01. The van der Waals surface area contributed by atoms with Gasteiger partial charge < -0.3 is 4.74 Å². The monoisotopic (exact) mass is 390 g/mol. The Labute approximate surface area is 167 Å². The normalized spacial score (nSPS) is 11.6. The second-order valence-corrected chi connectivity index (χ2v) is 8.01. The van der Waals surface area contributed by atoms with E-state index in [0.29, 0.717) is 18.1 Å². The molecule has 2 aromatic heterocycles. The number of carbonyl (C=O) groups excluding carboxylic acids is 1. The topological polar surface area (TPSA) is 109 Å². The number of hydrogen-bond donors (Lipinski definition) is 3. The molecule has 8 heteroatoms. The van der Waals surface area contributed by atoms with E-state index < -0.39 is 6.09 Å². The van der Waals surface area contributed by atoms with Crippen LogP contribution in [0, 0.1) is 5.41 Å². The largest absolute Gasteiger partial charge is 0.449 e. The molecule has 4 rings (SSSR count). The summed E-state index contributed by atoms with van der Waals surface area (Å²) in [6.07, 6.45) is 1.00. The van der Waals surface area contributed by atoms with E-state index in [2.05, 4.69) is 30.7 Å². The molecule has 0 aliphatic carbocycles. The molecule has 2 aromatic carbocycles. The lowest BCUT2D eigenvalue weighted by atomic mass is 9.99. The van der Waals surface area contributed by atoms with Crippen LogP contribution in [-0.2, 0) is 4.74 Å². The Morgan fingerprint density at radius 3 is 2.72 bits per heavy atom. The van der Waals surface area contributed by atoms with Crippen LogP contribution in [0.2, 0.25) is 0 Å². The summed E-state index contributed by atoms with van der Waals surface area (Å²) in [4.78, 5) is 16.3. The van der Waals surface area contributed by atoms with Gasteiger partial charge in [0.1, 0.15) is 6.33 Å². The highest BCUT2D eigenvalue weighted by atomic mass is 16.5. The van der Waals surface area contributed by atoms with Gasteiger partial charge in [0.25, 0.3) is 0 Å². The first-order valence-electron chi connectivity index (χ1n) is 9.27. The molecule has 29 heavy (non-hydrogen) atoms. The van der Waals surface area contributed by atoms with Crippen LogP contribution >= 0.6 is 0 Å². The first-order valence-corrected chi connectivity index (χ1v) is 9.27. The Kier molecular flexibility index (Phi) is 4.75. The molecule has 148 valence electrons. The number of aromatic amines is 2. The minimum atomic E-state index is -0.475. The van der Waals surface area contributed by atoms with Gasteiger partial charge in [-0.2, -0.15) is 10.2 Å². The molecule has 0 aliphatic heterocycles. The van der Waals surface area contributed by atoms with Gasteiger partial charge in [-0.05, 0) is 35.7 Å². The van der Waals surface area contributed by atoms with Crippen molar-refractivity contribution in [2.75, 3.05) is 11.9 Å². The van der Waals surface area contributed by atoms with E-state index in [-0.39, 0.29) is 5.41 Å². The maximum absolute atomic E-state index is 12.1. The fourth-order valence-corrected chi connectivity index (χ4v) is 2.91. The predicted molar refractivity (Wildman–Crippen MR) is 111 cm³/mol. The Hall–Kier alpha value is -3.68. The van der Waals surface area contributed by atoms with Gasteiger partial charge in [0.15, 0.2) is 5.82 Å². The van der Waals surface area contributed by atoms with Gasteiger partial charge >= 0.3 is 6.09 Å². The van der Waals surface area contributed by atoms with E-state index in [9.17, 15) is 4.79 Å². The van der Waals surface area contributed by atoms with Gasteiger partial charge in [0.05, 0.1) is 17.8 Å². The molecule has 3 N–H and O–H groups in total. The van der Waals surface area contributed by atoms with Crippen LogP contribution in [0.3, 0.4) is 0 Å². The molecule has 0 fully saturated rings. The minimum absolute atomic E-state index is 0.0889. The molecule has 0 radical (unpaired) electrons. The van der Waals surface area contributed by atoms with Crippen molar-refractivity contribution in [1.82, 2.24) is 25.4 Å². The molecule has 0 spiro atoms. The van der Waals surface area contributed by atoms with E-state index in [1.165, 1.54) is 6.33 Å². The second kappa shape index (κ2) is 7.38. The first-order chi connectivity index (χ1) is 13.9. The summed E-state index contributed by atoms with van der Waals surface area (Å²) in [7, 11) is 0. The summed E-state index contributed by atoms with van der Waals surface area (Å²) in [6, 6.07) is 13.4. The van der Waals surface area contributed by atoms with Crippen LogP contribution in [-0.4, -0.2) is 38.1 Å². The van der Waals surface area contributed by atoms with Crippen molar-refractivity contribution in [3.05, 3.63) is 48.8 Å². The predicted octanol–water partition coefficient (Wildman–Crippen LogP) is 4.61. The van der Waals surface area contributed by atoms with Crippen molar-refractivity contribution in [1.29, 1.82) is 0 Å². The Bertz CT molecular complexity index is 1140. The van der Waals surface area contributed by atoms with Gasteiger partial charge in [-0.15, -0.1) is 0 Å². The first kappa shape index (κ1) is 18.7. The van der Waals surface area contributed by atoms with Gasteiger partial charge in [-0.25, -0.2) is 9.78 Å². The molecular weight excluding hydrogens is 368 g/mol. The smallest absolute Gasteiger partial charge is 0.411 e. The lowest BCUT2D eigenvalue weighted by Crippen LogP contribution is -2.21. The van der Waals surface area contributed by atoms with Crippen LogP contribution in [0.5, 0.6) is 0 Å². The highest BCUT2D eigenvalue weighted by molar-refractivity contribution is 5.96. The zero-order chi connectivity index (χ0) is 20.4. The van der Waals surface area contributed by atoms with Gasteiger partial charge in [-0.3, -0.25) is 15.5 Å². The molecular formula is C21H22N6O2. The molecule has 0 aliphatic rings. The molecule has 2 heterocycles. The number of ether oxygens (including phenoxy) is 1. The standard InChI is InChI=1S/C21H22N6O2/c1-21(2,3)11-29-20(28)24-15-6-4-5-13(9-15)18-16-10-14(19-22-12-23-27-19)7-8-17(16)25-26-18/h4-10,12H,11H2,1-3H3,(H,24,28)(H,25,26)(H,22,23,27). The quantitative estimate of drug-likeness (QED) is 0.471. The van der Waals surface area contributed by atoms with Gasteiger partial charge in [-0.1, -0.05) is 32.9 Å². The number of benzene rings is 2. The fraction of sp³-hybridized carbons (Fsp3) is 0.238. The highest BCUT2D eigenvalue weighted by Crippen LogP contribution is 2.30. The summed E-state index contributed by atoms with van der Waals surface area (Å²) in [5.41, 5.74) is 4.04. The van der Waals surface area contributed by atoms with Crippen molar-refractivity contribution in [2.45, 2.75) is 20.8 Å². The Morgan fingerprint density at radius 1 is 1.10 bits per heavy atom. The van der Waals surface area contributed by atoms with E-state index in [1.807, 2.05) is 63.2 Å². The number of H-pyrrole nitrogens is 2. The summed E-state index contributed by atoms with van der Waals surface area (Å²) in [5.74, 6) is 0.691. The van der Waals surface area contributed by atoms with Crippen molar-refractivity contribution in [3.63, 3.8) is 0 Å². The van der Waals surface area contributed by atoms with Crippen LogP contribution < -0.4 is 5.32 Å². The summed E-state index contributed by atoms with van der Waals surface area (Å²) in [6.45, 7) is 6.37. The third kappa shape index (κ3) is 4.26. The average molecular weight is 390 g/mol. The molecule has 0 saturated heterocycles. The maximum Gasteiger partial charge on any atom is 0.411 e. The van der Waals surface area contributed by atoms with Crippen LogP contribution in [0.1, 0.15) is 20.8 Å². The van der Waals surface area contributed by atoms with E-state index in [0.717, 1.165) is 27.7 Å². The fourth-order valence-electron chi connectivity index (χ4n) is 2.91. The molecule has 0 atom stereocenters. The number of rotatable bonds is 4. The number of nitrogens with zero attached hydrogens (tertiary/aromatic N) is 3. The Morgan fingerprint density at radius 2 is 1.97 bits per heavy atom. The highest BCUT2D eigenvalue weighted by Gasteiger charge is 2.15. The van der Waals surface area contributed by atoms with Gasteiger partial charge in [0.2, 0.25) is 0 Å². The third-order valence-electron chi connectivity index (χ3n) is 4.27. The summed E-state index contributed by atoms with van der Waals surface area (Å²) >= 11 is 0. The maximum atomic E-state index is 12.1. The SMILES string of the molecule is CC(C)(C)COC(=O)Nc1cccc(-c2n[nH]c3ccc(-c4ncn[nH]4)cc23)c1. The zero-order valence-electron chi connectivity index (χ0n) is 16.5. The number of nitrogens with one attached hydrogen (secondary N) is 3. The summed E-state index contributed by atoms with van der Waals surface area (Å²) in [5, 5.41) is 18.0. The lowest BCUT2D eigenvalue weighted by Gasteiger charge is -2.18. The van der Waals surface area contributed by atoms with Crippen LogP contribution in [0.25, 0.3) is 33.5 Å². The molecule has 8 nitrogen and oxygen atoms in total. The average Bonchev–Trinajstić information content (AvgIpc) is 3.35. The third-order valence-corrected chi connectivity index (χ3v) is 4.27. The van der Waals surface area contributed by atoms with Gasteiger partial charge in [0, 0.05) is 22.2 Å². The van der Waals surface area contributed by atoms with E-state index in [4.69, 9.17) is 4.74 Å². The van der Waals surface area contributed by atoms with Crippen molar-refractivity contribution in [3.8, 4) is 22.6 Å². The zero-order valence-corrected chi connectivity index (χ0v) is 16.5. The lowest BCUT2D eigenvalue weighted by molar-refractivity contribution is 0.118. The minimum Gasteiger partial charge on any atom is -0.449 e. The number of anilines is 1. The number of fused-ring (bicyclic) bond motifs is 1. The number of aromatic nitrogens is 5. The molecule has 1 amide bonds. The molecule has 0 unspecified atom stereocenters. The van der Waals surface area contributed by atoms with Crippen molar-refractivity contribution < 1.29 is 9.53 Å². The van der Waals surface area contributed by atoms with Crippen LogP contribution in [0.15, 0.2) is 48.8 Å².